The van der Waals surface area contributed by atoms with Crippen LogP contribution in [0.1, 0.15) is 98.0 Å². The number of carbonyl (C=O) groups excluding carboxylic acids is 4. The topological polar surface area (TPSA) is 119 Å². The van der Waals surface area contributed by atoms with Crippen LogP contribution in [0, 0.1) is 5.41 Å². The minimum Gasteiger partial charge on any atom is -0.508 e. The molecule has 0 aromatic heterocycles. The second-order valence-corrected chi connectivity index (χ2v) is 17.0. The number of aromatic hydroxyl groups is 1. The van der Waals surface area contributed by atoms with E-state index in [1.807, 2.05) is 17.0 Å². The van der Waals surface area contributed by atoms with E-state index in [0.29, 0.717) is 73.2 Å². The molecule has 9 rings (SSSR count). The Labute approximate surface area is 340 Å². The number of phenols is 1. The van der Waals surface area contributed by atoms with E-state index in [-0.39, 0.29) is 23.3 Å². The molecule has 1 saturated carbocycles. The first-order chi connectivity index (χ1) is 28.0. The summed E-state index contributed by atoms with van der Waals surface area (Å²) in [5.74, 6) is 1.44. The molecule has 3 fully saturated rings. The van der Waals surface area contributed by atoms with Crippen LogP contribution in [0.25, 0.3) is 0 Å². The van der Waals surface area contributed by atoms with Crippen molar-refractivity contribution >= 4 is 24.4 Å². The molecule has 0 radical (unpaired) electrons. The molecule has 2 saturated heterocycles. The average Bonchev–Trinajstić information content (AvgIpc) is 3.60. The van der Waals surface area contributed by atoms with Gasteiger partial charge in [-0.3, -0.25) is 19.3 Å². The van der Waals surface area contributed by atoms with E-state index in [0.717, 1.165) is 36.0 Å². The third-order valence-electron chi connectivity index (χ3n) is 12.9. The van der Waals surface area contributed by atoms with Crippen LogP contribution in [0.5, 0.6) is 11.5 Å². The van der Waals surface area contributed by atoms with E-state index >= 15 is 0 Å². The van der Waals surface area contributed by atoms with Crippen molar-refractivity contribution < 1.29 is 29.0 Å². The van der Waals surface area contributed by atoms with Gasteiger partial charge >= 0.3 is 0 Å². The van der Waals surface area contributed by atoms with Crippen LogP contribution >= 0.6 is 0 Å². The number of nitrogens with one attached hydrogen (secondary N) is 1. The highest BCUT2D eigenvalue weighted by atomic mass is 16.5. The van der Waals surface area contributed by atoms with Gasteiger partial charge in [-0.05, 0) is 121 Å². The number of ether oxygens (including phenoxy) is 1. The molecule has 1 spiro atoms. The van der Waals surface area contributed by atoms with Crippen LogP contribution in [0.4, 0.5) is 0 Å². The predicted octanol–water partition coefficient (Wildman–Crippen LogP) is 6.61. The Hall–Kier alpha value is -5.58. The van der Waals surface area contributed by atoms with E-state index in [1.54, 1.807) is 19.2 Å². The summed E-state index contributed by atoms with van der Waals surface area (Å²) in [6, 6.07) is 28.4. The van der Waals surface area contributed by atoms with Gasteiger partial charge in [0.15, 0.2) is 6.29 Å². The number of aldehydes is 2. The molecule has 3 atom stereocenters. The van der Waals surface area contributed by atoms with E-state index in [2.05, 4.69) is 84.5 Å². The number of fused-ring (bicyclic) bond motifs is 2. The fourth-order valence-electron chi connectivity index (χ4n) is 10.1. The van der Waals surface area contributed by atoms with Crippen LogP contribution in [0.3, 0.4) is 0 Å². The molecule has 300 valence electrons. The van der Waals surface area contributed by atoms with E-state index in [9.17, 15) is 24.3 Å². The number of benzene rings is 4. The van der Waals surface area contributed by atoms with Crippen molar-refractivity contribution in [1.82, 2.24) is 20.0 Å². The lowest BCUT2D eigenvalue weighted by Crippen LogP contribution is -2.63. The molecule has 4 aromatic rings. The number of phenolic OH excluding ortho intramolecular Hbond substituents is 1. The van der Waals surface area contributed by atoms with Gasteiger partial charge in [-0.1, -0.05) is 55.1 Å². The SMILES string of the molecule is C=C1CCC(N(C)C(=O)c2cc3c(cc2C=O)CN(CC=O)C3)C(=O)N1.CN1CC2(CC(Oc3ccc(C4c5ccc(O)cc5CCC4c4ccccc4)cc3)C2)C1. The van der Waals surface area contributed by atoms with Crippen molar-refractivity contribution in [3.8, 4) is 11.5 Å². The largest absolute Gasteiger partial charge is 0.508 e. The molecule has 3 unspecified atom stereocenters. The molecular weight excluding hydrogens is 729 g/mol. The van der Waals surface area contributed by atoms with Crippen LogP contribution < -0.4 is 10.1 Å². The number of likely N-dealkylation sites (N-methyl/N-ethyl adjacent to an activating group) is 1. The second kappa shape index (κ2) is 16.3. The highest BCUT2D eigenvalue weighted by molar-refractivity contribution is 6.03. The molecule has 2 amide bonds. The minimum absolute atomic E-state index is 0.261. The number of allylic oxidation sites excluding steroid dienone is 1. The summed E-state index contributed by atoms with van der Waals surface area (Å²) < 4.78 is 6.30. The number of amides is 2. The van der Waals surface area contributed by atoms with Crippen molar-refractivity contribution in [3.63, 3.8) is 0 Å². The molecule has 4 aromatic carbocycles. The Kier molecular flexibility index (Phi) is 11.1. The number of likely N-dealkylation sites (tertiary alicyclic amines) is 1. The van der Waals surface area contributed by atoms with Gasteiger partial charge < -0.3 is 29.8 Å². The van der Waals surface area contributed by atoms with Crippen molar-refractivity contribution in [2.24, 2.45) is 5.41 Å². The summed E-state index contributed by atoms with van der Waals surface area (Å²) in [4.78, 5) is 53.1. The maximum atomic E-state index is 13.0. The highest BCUT2D eigenvalue weighted by Crippen LogP contribution is 2.50. The lowest BCUT2D eigenvalue weighted by Gasteiger charge is -2.57. The first-order valence-electron chi connectivity index (χ1n) is 20.4. The summed E-state index contributed by atoms with van der Waals surface area (Å²) in [6.45, 7) is 7.63. The standard InChI is InChI=1S/C29H31NO2.C19H21N3O4/c1-30-18-29(19-30)16-25(17-29)32-24-11-7-21(8-12-24)28-26(20-5-3-2-4-6-20)13-9-22-15-23(31)10-14-27(22)28;1-12-3-4-17(18(25)20-12)21(2)19(26)16-8-14-10-22(5-6-23)9-13(14)7-15(16)11-24/h2-8,10-12,14-15,25-26,28,31H,9,13,16-19H2,1H3;6-8,11,17H,1,3-5,9-10H2,2H3,(H,20,25). The number of aryl methyl sites for hydroxylation is 1. The number of piperidine rings is 1. The van der Waals surface area contributed by atoms with Crippen molar-refractivity contribution in [1.29, 1.82) is 0 Å². The summed E-state index contributed by atoms with van der Waals surface area (Å²) >= 11 is 0. The van der Waals surface area contributed by atoms with E-state index < -0.39 is 6.04 Å². The normalized spacial score (nSPS) is 22.3. The molecule has 5 aliphatic rings. The molecule has 3 aliphatic heterocycles. The Morgan fingerprint density at radius 2 is 1.66 bits per heavy atom. The monoisotopic (exact) mass is 780 g/mol. The molecule has 10 heteroatoms. The number of carbonyl (C=O) groups is 4. The Bertz CT molecular complexity index is 2210. The third kappa shape index (κ3) is 7.95. The maximum Gasteiger partial charge on any atom is 0.255 e. The summed E-state index contributed by atoms with van der Waals surface area (Å²) in [5.41, 5.74) is 8.97. The van der Waals surface area contributed by atoms with Gasteiger partial charge in [0.1, 0.15) is 23.8 Å². The van der Waals surface area contributed by atoms with Gasteiger partial charge in [0.2, 0.25) is 5.91 Å². The zero-order chi connectivity index (χ0) is 40.6. The summed E-state index contributed by atoms with van der Waals surface area (Å²) in [5, 5.41) is 12.7. The van der Waals surface area contributed by atoms with Crippen molar-refractivity contribution in [2.75, 3.05) is 33.7 Å². The number of hydrogen-bond acceptors (Lipinski definition) is 8. The van der Waals surface area contributed by atoms with Crippen LogP contribution in [-0.4, -0.2) is 90.1 Å². The lowest BCUT2D eigenvalue weighted by molar-refractivity contribution is -0.125. The minimum atomic E-state index is -0.590. The molecule has 2 N–H and O–H groups in total. The number of rotatable bonds is 9. The van der Waals surface area contributed by atoms with Gasteiger partial charge in [0, 0.05) is 55.8 Å². The maximum absolute atomic E-state index is 13.0. The quantitative estimate of drug-likeness (QED) is 0.183. The smallest absolute Gasteiger partial charge is 0.255 e. The molecule has 0 bridgehead atoms. The van der Waals surface area contributed by atoms with Crippen LogP contribution in [-0.2, 0) is 29.1 Å². The Balaban J connectivity index is 0.000000166. The molecule has 58 heavy (non-hydrogen) atoms. The van der Waals surface area contributed by atoms with Crippen molar-refractivity contribution in [2.45, 2.75) is 75.6 Å². The van der Waals surface area contributed by atoms with Crippen LogP contribution in [0.15, 0.2) is 97.2 Å². The fraction of sp³-hybridized carbons (Fsp3) is 0.375. The van der Waals surface area contributed by atoms with E-state index in [4.69, 9.17) is 4.74 Å². The Morgan fingerprint density at radius 1 is 0.931 bits per heavy atom. The Morgan fingerprint density at radius 3 is 2.33 bits per heavy atom. The zero-order valence-electron chi connectivity index (χ0n) is 33.4. The van der Waals surface area contributed by atoms with Crippen molar-refractivity contribution in [3.05, 3.63) is 142 Å². The number of nitrogens with zero attached hydrogens (tertiary/aromatic N) is 3. The molecule has 2 aliphatic carbocycles. The summed E-state index contributed by atoms with van der Waals surface area (Å²) in [6.07, 6.45) is 7.44. The van der Waals surface area contributed by atoms with Gasteiger partial charge in [-0.2, -0.15) is 0 Å². The molecular formula is C48H52N4O6. The van der Waals surface area contributed by atoms with Gasteiger partial charge in [0.25, 0.3) is 5.91 Å². The average molecular weight is 781 g/mol. The van der Waals surface area contributed by atoms with Gasteiger partial charge in [-0.25, -0.2) is 0 Å². The summed E-state index contributed by atoms with van der Waals surface area (Å²) in [7, 11) is 3.77. The van der Waals surface area contributed by atoms with E-state index in [1.165, 1.54) is 53.1 Å². The third-order valence-corrected chi connectivity index (χ3v) is 12.9. The van der Waals surface area contributed by atoms with Crippen LogP contribution in [0.2, 0.25) is 0 Å². The molecule has 10 nitrogen and oxygen atoms in total. The second-order valence-electron chi connectivity index (χ2n) is 17.0. The molecule has 3 heterocycles. The zero-order valence-corrected chi connectivity index (χ0v) is 33.4. The fourth-order valence-corrected chi connectivity index (χ4v) is 10.1. The first-order valence-corrected chi connectivity index (χ1v) is 20.4. The first kappa shape index (κ1) is 39.3. The van der Waals surface area contributed by atoms with Gasteiger partial charge in [0.05, 0.1) is 18.2 Å². The highest BCUT2D eigenvalue weighted by Gasteiger charge is 2.52. The lowest BCUT2D eigenvalue weighted by atomic mass is 9.62. The van der Waals surface area contributed by atoms with Gasteiger partial charge in [-0.15, -0.1) is 0 Å². The number of hydrogen-bond donors (Lipinski definition) is 2. The predicted molar refractivity (Wildman–Crippen MR) is 222 cm³/mol.